The SMILES string of the molecule is CCc1ccc(OCc2nnc(SCC(=O)c3cn(CCC#N)c4ccccc34)n2Cc2ccccc2)cc1. The van der Waals surface area contributed by atoms with Crippen LogP contribution in [0.3, 0.4) is 0 Å². The molecule has 196 valence electrons. The van der Waals surface area contributed by atoms with Crippen LogP contribution in [0.25, 0.3) is 10.9 Å². The number of carbonyl (C=O) groups excluding carboxylic acids is 1. The molecule has 3 aromatic carbocycles. The van der Waals surface area contributed by atoms with Crippen LogP contribution in [-0.2, 0) is 26.1 Å². The molecule has 2 heterocycles. The molecule has 2 aromatic heterocycles. The zero-order valence-electron chi connectivity index (χ0n) is 21.8. The molecule has 0 aliphatic rings. The lowest BCUT2D eigenvalue weighted by molar-refractivity contribution is 0.102. The molecule has 5 rings (SSSR count). The minimum absolute atomic E-state index is 0.00924. The summed E-state index contributed by atoms with van der Waals surface area (Å²) in [6, 6.07) is 28.2. The molecule has 0 atom stereocenters. The molecule has 0 amide bonds. The fourth-order valence-corrected chi connectivity index (χ4v) is 5.30. The molecule has 0 bridgehead atoms. The number of hydrogen-bond donors (Lipinski definition) is 0. The van der Waals surface area contributed by atoms with Gasteiger partial charge in [-0.25, -0.2) is 0 Å². The first-order chi connectivity index (χ1) is 19.2. The maximum Gasteiger partial charge on any atom is 0.192 e. The number of nitriles is 1. The number of para-hydroxylation sites is 1. The highest BCUT2D eigenvalue weighted by molar-refractivity contribution is 7.99. The molecule has 0 spiro atoms. The standard InChI is InChI=1S/C31H29N5O2S/c1-2-23-13-15-25(16-14-23)38-21-30-33-34-31(36(30)19-24-9-4-3-5-10-24)39-22-29(37)27-20-35(18-8-17-32)28-12-7-6-11-26(27)28/h3-7,9-16,20H,2,8,18-19,21-22H2,1H3. The van der Waals surface area contributed by atoms with Crippen molar-refractivity contribution in [2.75, 3.05) is 5.75 Å². The van der Waals surface area contributed by atoms with Crippen LogP contribution < -0.4 is 4.74 Å². The zero-order chi connectivity index (χ0) is 27.0. The fraction of sp³-hybridized carbons (Fsp3) is 0.226. The van der Waals surface area contributed by atoms with Crippen molar-refractivity contribution in [3.63, 3.8) is 0 Å². The van der Waals surface area contributed by atoms with Gasteiger partial charge in [-0.15, -0.1) is 10.2 Å². The summed E-state index contributed by atoms with van der Waals surface area (Å²) in [6.45, 7) is 3.52. The summed E-state index contributed by atoms with van der Waals surface area (Å²) in [5.41, 5.74) is 3.98. The molecule has 5 aromatic rings. The number of aryl methyl sites for hydroxylation is 2. The molecular formula is C31H29N5O2S. The Morgan fingerprint density at radius 3 is 2.51 bits per heavy atom. The Hall–Kier alpha value is -4.35. The Kier molecular flexibility index (Phi) is 8.39. The van der Waals surface area contributed by atoms with Crippen LogP contribution in [0.5, 0.6) is 5.75 Å². The molecule has 0 aliphatic heterocycles. The van der Waals surface area contributed by atoms with E-state index < -0.39 is 0 Å². The van der Waals surface area contributed by atoms with Gasteiger partial charge in [-0.3, -0.25) is 9.36 Å². The Labute approximate surface area is 232 Å². The van der Waals surface area contributed by atoms with E-state index in [0.29, 0.717) is 36.1 Å². The quantitative estimate of drug-likeness (QED) is 0.137. The molecule has 0 aliphatic carbocycles. The van der Waals surface area contributed by atoms with Gasteiger partial charge < -0.3 is 9.30 Å². The number of Topliss-reactive ketones (excluding diaryl/α,β-unsaturated/α-hetero) is 1. The smallest absolute Gasteiger partial charge is 0.192 e. The lowest BCUT2D eigenvalue weighted by atomic mass is 10.1. The van der Waals surface area contributed by atoms with Crippen LogP contribution in [-0.4, -0.2) is 30.9 Å². The van der Waals surface area contributed by atoms with E-state index in [2.05, 4.69) is 47.5 Å². The maximum absolute atomic E-state index is 13.4. The molecule has 8 heteroatoms. The van der Waals surface area contributed by atoms with Crippen LogP contribution in [0.1, 0.15) is 40.7 Å². The largest absolute Gasteiger partial charge is 0.486 e. The van der Waals surface area contributed by atoms with Gasteiger partial charge in [0.1, 0.15) is 12.4 Å². The molecule has 0 N–H and O–H groups in total. The summed E-state index contributed by atoms with van der Waals surface area (Å²) >= 11 is 1.37. The van der Waals surface area contributed by atoms with Gasteiger partial charge in [0, 0.05) is 29.2 Å². The highest BCUT2D eigenvalue weighted by Gasteiger charge is 2.19. The number of ether oxygens (including phenoxy) is 1. The predicted octanol–water partition coefficient (Wildman–Crippen LogP) is 6.31. The predicted molar refractivity (Wildman–Crippen MR) is 153 cm³/mol. The number of benzene rings is 3. The van der Waals surface area contributed by atoms with Gasteiger partial charge in [0.05, 0.1) is 24.8 Å². The first kappa shape index (κ1) is 26.3. The van der Waals surface area contributed by atoms with E-state index in [0.717, 1.165) is 28.6 Å². The number of hydrogen-bond acceptors (Lipinski definition) is 6. The minimum Gasteiger partial charge on any atom is -0.486 e. The summed E-state index contributed by atoms with van der Waals surface area (Å²) in [5, 5.41) is 19.4. The molecule has 0 unspecified atom stereocenters. The van der Waals surface area contributed by atoms with Crippen LogP contribution in [0, 0.1) is 11.3 Å². The highest BCUT2D eigenvalue weighted by atomic mass is 32.2. The number of carbonyl (C=O) groups is 1. The lowest BCUT2D eigenvalue weighted by Crippen LogP contribution is -2.10. The number of thioether (sulfide) groups is 1. The van der Waals surface area contributed by atoms with Crippen LogP contribution >= 0.6 is 11.8 Å². The van der Waals surface area contributed by atoms with Crippen molar-refractivity contribution in [2.24, 2.45) is 0 Å². The topological polar surface area (TPSA) is 85.7 Å². The lowest BCUT2D eigenvalue weighted by Gasteiger charge is -2.11. The van der Waals surface area contributed by atoms with Crippen molar-refractivity contribution in [3.05, 3.63) is 108 Å². The van der Waals surface area contributed by atoms with E-state index in [1.807, 2.05) is 69.9 Å². The van der Waals surface area contributed by atoms with Crippen LogP contribution in [0.4, 0.5) is 0 Å². The van der Waals surface area contributed by atoms with E-state index in [4.69, 9.17) is 10.00 Å². The van der Waals surface area contributed by atoms with Crippen molar-refractivity contribution >= 4 is 28.4 Å². The molecule has 39 heavy (non-hydrogen) atoms. The van der Waals surface area contributed by atoms with Crippen molar-refractivity contribution in [1.29, 1.82) is 5.26 Å². The van der Waals surface area contributed by atoms with Crippen molar-refractivity contribution < 1.29 is 9.53 Å². The maximum atomic E-state index is 13.4. The van der Waals surface area contributed by atoms with Gasteiger partial charge in [-0.05, 0) is 35.7 Å². The Morgan fingerprint density at radius 1 is 0.974 bits per heavy atom. The monoisotopic (exact) mass is 535 g/mol. The van der Waals surface area contributed by atoms with Gasteiger partial charge in [0.15, 0.2) is 16.8 Å². The normalized spacial score (nSPS) is 11.0. The van der Waals surface area contributed by atoms with Gasteiger partial charge >= 0.3 is 0 Å². The van der Waals surface area contributed by atoms with Crippen LogP contribution in [0.2, 0.25) is 0 Å². The summed E-state index contributed by atoms with van der Waals surface area (Å²) < 4.78 is 10.0. The third-order valence-electron chi connectivity index (χ3n) is 6.56. The van der Waals surface area contributed by atoms with Gasteiger partial charge in [-0.2, -0.15) is 5.26 Å². The average Bonchev–Trinajstić information content (AvgIpc) is 3.55. The zero-order valence-corrected chi connectivity index (χ0v) is 22.6. The molecule has 0 saturated carbocycles. The average molecular weight is 536 g/mol. The number of aromatic nitrogens is 4. The second kappa shape index (κ2) is 12.5. The first-order valence-corrected chi connectivity index (χ1v) is 13.9. The van der Waals surface area contributed by atoms with Crippen molar-refractivity contribution in [2.45, 2.75) is 44.6 Å². The highest BCUT2D eigenvalue weighted by Crippen LogP contribution is 2.26. The van der Waals surface area contributed by atoms with Crippen LogP contribution in [0.15, 0.2) is 90.2 Å². The number of fused-ring (bicyclic) bond motifs is 1. The third kappa shape index (κ3) is 6.21. The Balaban J connectivity index is 1.35. The van der Waals surface area contributed by atoms with Gasteiger partial charge in [-0.1, -0.05) is 79.3 Å². The first-order valence-electron chi connectivity index (χ1n) is 12.9. The molecule has 0 radical (unpaired) electrons. The van der Waals surface area contributed by atoms with Crippen molar-refractivity contribution in [1.82, 2.24) is 19.3 Å². The summed E-state index contributed by atoms with van der Waals surface area (Å²) in [5.74, 6) is 1.70. The van der Waals surface area contributed by atoms with Gasteiger partial charge in [0.25, 0.3) is 0 Å². The van der Waals surface area contributed by atoms with E-state index in [-0.39, 0.29) is 18.1 Å². The molecule has 7 nitrogen and oxygen atoms in total. The summed E-state index contributed by atoms with van der Waals surface area (Å²) in [7, 11) is 0. The summed E-state index contributed by atoms with van der Waals surface area (Å²) in [6.07, 6.45) is 3.23. The number of ketones is 1. The Bertz CT molecular complexity index is 1600. The van der Waals surface area contributed by atoms with E-state index in [1.165, 1.54) is 17.3 Å². The number of nitrogens with zero attached hydrogens (tertiary/aromatic N) is 5. The molecule has 0 saturated heterocycles. The molecule has 0 fully saturated rings. The van der Waals surface area contributed by atoms with E-state index in [9.17, 15) is 4.79 Å². The third-order valence-corrected chi connectivity index (χ3v) is 7.53. The minimum atomic E-state index is 0.00924. The Morgan fingerprint density at radius 2 is 1.74 bits per heavy atom. The molecular weight excluding hydrogens is 506 g/mol. The fourth-order valence-electron chi connectivity index (χ4n) is 4.46. The second-order valence-electron chi connectivity index (χ2n) is 9.13. The van der Waals surface area contributed by atoms with Crippen molar-refractivity contribution in [3.8, 4) is 11.8 Å². The van der Waals surface area contributed by atoms with E-state index in [1.54, 1.807) is 0 Å². The van der Waals surface area contributed by atoms with E-state index >= 15 is 0 Å². The summed E-state index contributed by atoms with van der Waals surface area (Å²) in [4.78, 5) is 13.4. The number of rotatable bonds is 12. The van der Waals surface area contributed by atoms with Gasteiger partial charge in [0.2, 0.25) is 0 Å². The second-order valence-corrected chi connectivity index (χ2v) is 10.1.